The highest BCUT2D eigenvalue weighted by Crippen LogP contribution is 2.28. The van der Waals surface area contributed by atoms with Gasteiger partial charge < -0.3 is 5.32 Å². The van der Waals surface area contributed by atoms with Crippen LogP contribution in [0.15, 0.2) is 72.2 Å². The van der Waals surface area contributed by atoms with Crippen LogP contribution < -0.4 is 5.32 Å². The average molecular weight is 431 g/mol. The van der Waals surface area contributed by atoms with Crippen LogP contribution in [-0.4, -0.2) is 20.9 Å². The summed E-state index contributed by atoms with van der Waals surface area (Å²) in [5.41, 5.74) is 3.78. The third kappa shape index (κ3) is 3.63. The van der Waals surface area contributed by atoms with E-state index in [0.717, 1.165) is 32.4 Å². The summed E-state index contributed by atoms with van der Waals surface area (Å²) in [7, 11) is 0. The quantitative estimate of drug-likeness (QED) is 0.383. The van der Waals surface area contributed by atoms with Gasteiger partial charge >= 0.3 is 0 Å². The molecule has 0 spiro atoms. The van der Waals surface area contributed by atoms with E-state index in [9.17, 15) is 4.79 Å². The molecule has 2 aromatic carbocycles. The lowest BCUT2D eigenvalue weighted by molar-refractivity contribution is 0.0946. The molecule has 0 aliphatic heterocycles. The van der Waals surface area contributed by atoms with E-state index in [1.54, 1.807) is 23.7 Å². The molecule has 3 aromatic heterocycles. The van der Waals surface area contributed by atoms with Crippen molar-refractivity contribution in [1.29, 1.82) is 0 Å². The van der Waals surface area contributed by atoms with Crippen LogP contribution >= 0.6 is 22.9 Å². The highest BCUT2D eigenvalue weighted by Gasteiger charge is 2.13. The van der Waals surface area contributed by atoms with E-state index in [0.29, 0.717) is 16.4 Å². The number of nitrogens with one attached hydrogen (secondary N) is 1. The number of hydrogen-bond acceptors (Lipinski definition) is 5. The number of fused-ring (bicyclic) bond motifs is 2. The Morgan fingerprint density at radius 1 is 0.967 bits per heavy atom. The van der Waals surface area contributed by atoms with E-state index in [1.165, 1.54) is 11.3 Å². The molecular formula is C23H15ClN4OS. The number of nitrogens with zero attached hydrogens (tertiary/aromatic N) is 3. The molecule has 0 aliphatic carbocycles. The van der Waals surface area contributed by atoms with E-state index in [-0.39, 0.29) is 12.5 Å². The fourth-order valence-corrected chi connectivity index (χ4v) is 4.20. The SMILES string of the molecule is O=C(NCc1ncccc1Cl)c1csc(-c2ccc3cc4ccccc4nc3c2)n1. The zero-order valence-corrected chi connectivity index (χ0v) is 17.2. The summed E-state index contributed by atoms with van der Waals surface area (Å²) < 4.78 is 0. The van der Waals surface area contributed by atoms with Gasteiger partial charge in [-0.15, -0.1) is 11.3 Å². The summed E-state index contributed by atoms with van der Waals surface area (Å²) in [6.07, 6.45) is 1.64. The van der Waals surface area contributed by atoms with E-state index in [1.807, 2.05) is 36.4 Å². The van der Waals surface area contributed by atoms with Gasteiger partial charge in [0, 0.05) is 27.9 Å². The first kappa shape index (κ1) is 18.7. The van der Waals surface area contributed by atoms with Gasteiger partial charge in [0.25, 0.3) is 5.91 Å². The zero-order valence-electron chi connectivity index (χ0n) is 15.7. The van der Waals surface area contributed by atoms with Gasteiger partial charge in [-0.25, -0.2) is 9.97 Å². The fraction of sp³-hybridized carbons (Fsp3) is 0.0435. The molecule has 3 heterocycles. The highest BCUT2D eigenvalue weighted by atomic mass is 35.5. The zero-order chi connectivity index (χ0) is 20.5. The normalized spacial score (nSPS) is 11.1. The van der Waals surface area contributed by atoms with Crippen molar-refractivity contribution < 1.29 is 4.79 Å². The third-order valence-corrected chi connectivity index (χ3v) is 5.99. The Morgan fingerprint density at radius 2 is 1.83 bits per heavy atom. The molecule has 5 aromatic rings. The number of benzene rings is 2. The smallest absolute Gasteiger partial charge is 0.271 e. The molecule has 0 radical (unpaired) electrons. The number of carbonyl (C=O) groups is 1. The molecule has 1 N–H and O–H groups in total. The van der Waals surface area contributed by atoms with Crippen LogP contribution in [0.5, 0.6) is 0 Å². The van der Waals surface area contributed by atoms with Gasteiger partial charge in [0.15, 0.2) is 0 Å². The summed E-state index contributed by atoms with van der Waals surface area (Å²) in [6, 6.07) is 19.7. The number of para-hydroxylation sites is 1. The monoisotopic (exact) mass is 430 g/mol. The lowest BCUT2D eigenvalue weighted by Crippen LogP contribution is -2.23. The van der Waals surface area contributed by atoms with E-state index in [2.05, 4.69) is 27.4 Å². The molecule has 0 bridgehead atoms. The first-order valence-corrected chi connectivity index (χ1v) is 10.6. The van der Waals surface area contributed by atoms with E-state index >= 15 is 0 Å². The molecule has 0 unspecified atom stereocenters. The van der Waals surface area contributed by atoms with Gasteiger partial charge in [0.05, 0.1) is 28.3 Å². The van der Waals surface area contributed by atoms with Crippen LogP contribution in [-0.2, 0) is 6.54 Å². The summed E-state index contributed by atoms with van der Waals surface area (Å²) in [6.45, 7) is 0.248. The Balaban J connectivity index is 1.39. The predicted octanol–water partition coefficient (Wildman–Crippen LogP) is 5.49. The number of amides is 1. The van der Waals surface area contributed by atoms with Crippen LogP contribution in [0.2, 0.25) is 5.02 Å². The Labute approximate surface area is 181 Å². The predicted molar refractivity (Wildman–Crippen MR) is 121 cm³/mol. The number of hydrogen-bond donors (Lipinski definition) is 1. The molecule has 1 amide bonds. The molecule has 0 atom stereocenters. The molecule has 146 valence electrons. The maximum atomic E-state index is 12.5. The first-order chi connectivity index (χ1) is 14.7. The maximum absolute atomic E-state index is 12.5. The Hall–Kier alpha value is -3.35. The van der Waals surface area contributed by atoms with Crippen LogP contribution in [0.25, 0.3) is 32.4 Å². The minimum absolute atomic E-state index is 0.248. The van der Waals surface area contributed by atoms with E-state index in [4.69, 9.17) is 16.6 Å². The minimum Gasteiger partial charge on any atom is -0.345 e. The topological polar surface area (TPSA) is 67.8 Å². The number of halogens is 1. The maximum Gasteiger partial charge on any atom is 0.271 e. The van der Waals surface area contributed by atoms with Gasteiger partial charge in [-0.05, 0) is 30.3 Å². The van der Waals surface area contributed by atoms with Crippen LogP contribution in [0, 0.1) is 0 Å². The molecule has 0 saturated heterocycles. The van der Waals surface area contributed by atoms with E-state index < -0.39 is 0 Å². The standard InChI is InChI=1S/C23H15ClN4OS/c24-17-5-3-9-25-20(17)12-26-22(29)21-13-30-23(28-21)16-8-7-15-10-14-4-1-2-6-18(14)27-19(15)11-16/h1-11,13H,12H2,(H,26,29). The van der Waals surface area contributed by atoms with Crippen molar-refractivity contribution in [2.24, 2.45) is 0 Å². The van der Waals surface area contributed by atoms with Crippen LogP contribution in [0.4, 0.5) is 0 Å². The van der Waals surface area contributed by atoms with Gasteiger partial charge in [0.2, 0.25) is 0 Å². The Kier molecular flexibility index (Phi) is 4.86. The lowest BCUT2D eigenvalue weighted by Gasteiger charge is -2.04. The molecule has 0 fully saturated rings. The van der Waals surface area contributed by atoms with Gasteiger partial charge in [-0.2, -0.15) is 0 Å². The van der Waals surface area contributed by atoms with Crippen LogP contribution in [0.3, 0.4) is 0 Å². The van der Waals surface area contributed by atoms with Crippen molar-refractivity contribution >= 4 is 50.7 Å². The molecule has 0 saturated carbocycles. The molecule has 30 heavy (non-hydrogen) atoms. The summed E-state index contributed by atoms with van der Waals surface area (Å²) in [5.74, 6) is -0.260. The molecule has 5 rings (SSSR count). The molecular weight excluding hydrogens is 416 g/mol. The van der Waals surface area contributed by atoms with Crippen molar-refractivity contribution in [3.8, 4) is 10.6 Å². The lowest BCUT2D eigenvalue weighted by atomic mass is 10.1. The van der Waals surface area contributed by atoms with Crippen molar-refractivity contribution in [2.45, 2.75) is 6.54 Å². The molecule has 5 nitrogen and oxygen atoms in total. The first-order valence-electron chi connectivity index (χ1n) is 9.30. The van der Waals surface area contributed by atoms with Crippen molar-refractivity contribution in [3.05, 3.63) is 88.7 Å². The number of carbonyl (C=O) groups excluding carboxylic acids is 1. The van der Waals surface area contributed by atoms with Gasteiger partial charge in [-0.3, -0.25) is 9.78 Å². The second kappa shape index (κ2) is 7.82. The summed E-state index contributed by atoms with van der Waals surface area (Å²) >= 11 is 7.52. The summed E-state index contributed by atoms with van der Waals surface area (Å²) in [5, 5.41) is 8.04. The average Bonchev–Trinajstić information content (AvgIpc) is 3.27. The van der Waals surface area contributed by atoms with Crippen molar-refractivity contribution in [2.75, 3.05) is 0 Å². The largest absolute Gasteiger partial charge is 0.345 e. The number of rotatable bonds is 4. The highest BCUT2D eigenvalue weighted by molar-refractivity contribution is 7.13. The number of pyridine rings is 2. The molecule has 7 heteroatoms. The summed E-state index contributed by atoms with van der Waals surface area (Å²) in [4.78, 5) is 25.9. The Morgan fingerprint density at radius 3 is 2.73 bits per heavy atom. The number of aromatic nitrogens is 3. The third-order valence-electron chi connectivity index (χ3n) is 4.75. The molecule has 0 aliphatic rings. The van der Waals surface area contributed by atoms with Crippen LogP contribution in [0.1, 0.15) is 16.2 Å². The second-order valence-electron chi connectivity index (χ2n) is 6.74. The van der Waals surface area contributed by atoms with Crippen molar-refractivity contribution in [3.63, 3.8) is 0 Å². The number of thiazole rings is 1. The van der Waals surface area contributed by atoms with Gasteiger partial charge in [0.1, 0.15) is 10.7 Å². The fourth-order valence-electron chi connectivity index (χ4n) is 3.22. The van der Waals surface area contributed by atoms with Crippen molar-refractivity contribution in [1.82, 2.24) is 20.3 Å². The second-order valence-corrected chi connectivity index (χ2v) is 8.01. The minimum atomic E-state index is -0.260. The van der Waals surface area contributed by atoms with Gasteiger partial charge in [-0.1, -0.05) is 41.9 Å². The Bertz CT molecular complexity index is 1400.